The second-order valence-corrected chi connectivity index (χ2v) is 3.16. The van der Waals surface area contributed by atoms with Crippen LogP contribution >= 0.6 is 0 Å². The highest BCUT2D eigenvalue weighted by Crippen LogP contribution is 2.20. The molecule has 0 unspecified atom stereocenters. The number of nitriles is 1. The molecule has 0 aromatic heterocycles. The summed E-state index contributed by atoms with van der Waals surface area (Å²) in [5.74, 6) is 0. The van der Waals surface area contributed by atoms with Crippen molar-refractivity contribution in [1.82, 2.24) is 5.06 Å². The van der Waals surface area contributed by atoms with Crippen molar-refractivity contribution < 1.29 is 9.94 Å². The predicted molar refractivity (Wildman–Crippen MR) is 47.5 cm³/mol. The first-order chi connectivity index (χ1) is 6.20. The van der Waals surface area contributed by atoms with Gasteiger partial charge in [0.15, 0.2) is 5.60 Å². The Kier molecular flexibility index (Phi) is 3.43. The molecule has 1 aliphatic heterocycles. The third-order valence-electron chi connectivity index (χ3n) is 2.13. The van der Waals surface area contributed by atoms with Gasteiger partial charge >= 0.3 is 0 Å². The SMILES string of the molecule is C=CCON1CCC(O)(C#N)CC1. The molecule has 1 saturated heterocycles. The van der Waals surface area contributed by atoms with Gasteiger partial charge in [-0.25, -0.2) is 0 Å². The maximum atomic E-state index is 9.56. The zero-order valence-corrected chi connectivity index (χ0v) is 7.57. The number of hydrogen-bond donors (Lipinski definition) is 1. The van der Waals surface area contributed by atoms with E-state index in [1.807, 2.05) is 6.07 Å². The molecule has 0 spiro atoms. The average molecular weight is 182 g/mol. The Bertz CT molecular complexity index is 214. The van der Waals surface area contributed by atoms with Crippen molar-refractivity contribution in [3.05, 3.63) is 12.7 Å². The van der Waals surface area contributed by atoms with Gasteiger partial charge in [-0.05, 0) is 0 Å². The lowest BCUT2D eigenvalue weighted by Crippen LogP contribution is -2.43. The van der Waals surface area contributed by atoms with Gasteiger partial charge in [-0.15, -0.1) is 6.58 Å². The van der Waals surface area contributed by atoms with Crippen molar-refractivity contribution in [2.45, 2.75) is 18.4 Å². The highest BCUT2D eigenvalue weighted by atomic mass is 16.7. The standard InChI is InChI=1S/C9H14N2O2/c1-2-7-13-11-5-3-9(12,8-10)4-6-11/h2,12H,1,3-7H2. The Balaban J connectivity index is 2.31. The molecular formula is C9H14N2O2. The molecule has 4 heteroatoms. The van der Waals surface area contributed by atoms with Crippen LogP contribution in [0, 0.1) is 11.3 Å². The van der Waals surface area contributed by atoms with Crippen molar-refractivity contribution in [3.8, 4) is 6.07 Å². The monoisotopic (exact) mass is 182 g/mol. The molecule has 0 aromatic carbocycles. The summed E-state index contributed by atoms with van der Waals surface area (Å²) >= 11 is 0. The summed E-state index contributed by atoms with van der Waals surface area (Å²) < 4.78 is 0. The third kappa shape index (κ3) is 2.81. The van der Waals surface area contributed by atoms with Crippen LogP contribution in [0.3, 0.4) is 0 Å². The summed E-state index contributed by atoms with van der Waals surface area (Å²) in [5, 5.41) is 20.0. The molecule has 1 fully saturated rings. The number of hydrogen-bond acceptors (Lipinski definition) is 4. The van der Waals surface area contributed by atoms with Gasteiger partial charge in [-0.1, -0.05) is 6.08 Å². The lowest BCUT2D eigenvalue weighted by atomic mass is 9.94. The molecule has 1 N–H and O–H groups in total. The van der Waals surface area contributed by atoms with Crippen LogP contribution in [0.2, 0.25) is 0 Å². The predicted octanol–water partition coefficient (Wildman–Crippen LogP) is 0.454. The zero-order chi connectivity index (χ0) is 9.73. The first-order valence-electron chi connectivity index (χ1n) is 4.32. The van der Waals surface area contributed by atoms with Crippen LogP contribution in [0.1, 0.15) is 12.8 Å². The van der Waals surface area contributed by atoms with Crippen LogP contribution < -0.4 is 0 Å². The number of hydroxylamine groups is 2. The second-order valence-electron chi connectivity index (χ2n) is 3.16. The fraction of sp³-hybridized carbons (Fsp3) is 0.667. The quantitative estimate of drug-likeness (QED) is 0.508. The number of rotatable bonds is 3. The first-order valence-corrected chi connectivity index (χ1v) is 4.32. The first kappa shape index (κ1) is 10.2. The van der Waals surface area contributed by atoms with Gasteiger partial charge in [0.05, 0.1) is 12.7 Å². The molecule has 1 aliphatic rings. The summed E-state index contributed by atoms with van der Waals surface area (Å²) in [6.07, 6.45) is 2.56. The van der Waals surface area contributed by atoms with Gasteiger partial charge in [-0.3, -0.25) is 4.84 Å². The third-order valence-corrected chi connectivity index (χ3v) is 2.13. The van der Waals surface area contributed by atoms with Gasteiger partial charge in [0.1, 0.15) is 0 Å². The molecule has 0 bridgehead atoms. The van der Waals surface area contributed by atoms with Gasteiger partial charge in [0.2, 0.25) is 0 Å². The maximum Gasteiger partial charge on any atom is 0.153 e. The summed E-state index contributed by atoms with van der Waals surface area (Å²) in [6.45, 7) is 5.20. The molecule has 0 aliphatic carbocycles. The van der Waals surface area contributed by atoms with Crippen molar-refractivity contribution >= 4 is 0 Å². The van der Waals surface area contributed by atoms with Crippen molar-refractivity contribution in [2.75, 3.05) is 19.7 Å². The highest BCUT2D eigenvalue weighted by molar-refractivity contribution is 5.02. The Morgan fingerprint density at radius 1 is 1.62 bits per heavy atom. The molecule has 4 nitrogen and oxygen atoms in total. The van der Waals surface area contributed by atoms with E-state index in [2.05, 4.69) is 6.58 Å². The smallest absolute Gasteiger partial charge is 0.153 e. The zero-order valence-electron chi connectivity index (χ0n) is 7.57. The largest absolute Gasteiger partial charge is 0.375 e. The normalized spacial score (nSPS) is 22.2. The van der Waals surface area contributed by atoms with Crippen molar-refractivity contribution in [1.29, 1.82) is 5.26 Å². The molecule has 0 aromatic rings. The van der Waals surface area contributed by atoms with Gasteiger partial charge in [-0.2, -0.15) is 10.3 Å². The molecule has 0 atom stereocenters. The van der Waals surface area contributed by atoms with Crippen LogP contribution in [0.4, 0.5) is 0 Å². The topological polar surface area (TPSA) is 56.5 Å². The number of aliphatic hydroxyl groups is 1. The van der Waals surface area contributed by atoms with E-state index < -0.39 is 5.60 Å². The van der Waals surface area contributed by atoms with Crippen LogP contribution in [0.15, 0.2) is 12.7 Å². The average Bonchev–Trinajstić information content (AvgIpc) is 2.17. The number of nitrogens with zero attached hydrogens (tertiary/aromatic N) is 2. The minimum absolute atomic E-state index is 0.445. The fourth-order valence-corrected chi connectivity index (χ4v) is 1.26. The molecule has 0 amide bonds. The molecule has 1 heterocycles. The molecule has 1 rings (SSSR count). The van der Waals surface area contributed by atoms with E-state index in [1.54, 1.807) is 11.1 Å². The van der Waals surface area contributed by atoms with Crippen LogP contribution in [-0.4, -0.2) is 35.5 Å². The van der Waals surface area contributed by atoms with Crippen molar-refractivity contribution in [3.63, 3.8) is 0 Å². The second kappa shape index (κ2) is 4.38. The Labute approximate surface area is 78.0 Å². The van der Waals surface area contributed by atoms with Gasteiger partial charge in [0.25, 0.3) is 0 Å². The van der Waals surface area contributed by atoms with E-state index in [4.69, 9.17) is 10.1 Å². The van der Waals surface area contributed by atoms with E-state index >= 15 is 0 Å². The molecule has 72 valence electrons. The molecule has 0 saturated carbocycles. The highest BCUT2D eigenvalue weighted by Gasteiger charge is 2.32. The van der Waals surface area contributed by atoms with Crippen LogP contribution in [0.25, 0.3) is 0 Å². The van der Waals surface area contributed by atoms with E-state index in [9.17, 15) is 5.11 Å². The maximum absolute atomic E-state index is 9.56. The Morgan fingerprint density at radius 2 is 2.23 bits per heavy atom. The number of piperidine rings is 1. The Hall–Kier alpha value is -0.890. The summed E-state index contributed by atoms with van der Waals surface area (Å²) in [5.41, 5.74) is -1.14. The van der Waals surface area contributed by atoms with Crippen LogP contribution in [-0.2, 0) is 4.84 Å². The minimum Gasteiger partial charge on any atom is -0.375 e. The van der Waals surface area contributed by atoms with E-state index in [0.717, 1.165) is 0 Å². The lowest BCUT2D eigenvalue weighted by Gasteiger charge is -2.32. The molecule has 0 radical (unpaired) electrons. The van der Waals surface area contributed by atoms with Crippen molar-refractivity contribution in [2.24, 2.45) is 0 Å². The van der Waals surface area contributed by atoms with Gasteiger partial charge in [0, 0.05) is 25.9 Å². The molecular weight excluding hydrogens is 168 g/mol. The lowest BCUT2D eigenvalue weighted by molar-refractivity contribution is -0.177. The van der Waals surface area contributed by atoms with Gasteiger partial charge < -0.3 is 5.11 Å². The molecule has 13 heavy (non-hydrogen) atoms. The van der Waals surface area contributed by atoms with E-state index in [0.29, 0.717) is 32.5 Å². The summed E-state index contributed by atoms with van der Waals surface area (Å²) in [6, 6.07) is 1.91. The van der Waals surface area contributed by atoms with E-state index in [1.165, 1.54) is 0 Å². The Morgan fingerprint density at radius 3 is 2.69 bits per heavy atom. The van der Waals surface area contributed by atoms with Crippen LogP contribution in [0.5, 0.6) is 0 Å². The summed E-state index contributed by atoms with van der Waals surface area (Å²) in [4.78, 5) is 5.26. The van der Waals surface area contributed by atoms with E-state index in [-0.39, 0.29) is 0 Å². The minimum atomic E-state index is -1.14. The summed E-state index contributed by atoms with van der Waals surface area (Å²) in [7, 11) is 0. The fourth-order valence-electron chi connectivity index (χ4n) is 1.26.